The minimum atomic E-state index is -1.04. The second-order valence-corrected chi connectivity index (χ2v) is 9.11. The van der Waals surface area contributed by atoms with E-state index < -0.39 is 17.1 Å². The van der Waals surface area contributed by atoms with Crippen LogP contribution in [0.25, 0.3) is 10.8 Å². The average molecular weight is 417 g/mol. The molecule has 1 aliphatic rings. The van der Waals surface area contributed by atoms with Crippen molar-refractivity contribution in [3.63, 3.8) is 0 Å². The zero-order valence-electron chi connectivity index (χ0n) is 18.7. The average Bonchev–Trinajstić information content (AvgIpc) is 2.72. The maximum Gasteiger partial charge on any atom is 0.179 e. The molecule has 0 bridgehead atoms. The number of hydrogen-bond acceptors (Lipinski definition) is 4. The lowest BCUT2D eigenvalue weighted by atomic mass is 9.73. The van der Waals surface area contributed by atoms with Gasteiger partial charge >= 0.3 is 0 Å². The third-order valence-corrected chi connectivity index (χ3v) is 5.99. The number of carbonyl (C=O) groups excluding carboxylic acids is 2. The van der Waals surface area contributed by atoms with Crippen molar-refractivity contribution in [2.45, 2.75) is 58.2 Å². The van der Waals surface area contributed by atoms with Gasteiger partial charge in [-0.1, -0.05) is 43.3 Å². The number of carbonyl (C=O) groups is 2. The molecule has 3 aromatic carbocycles. The van der Waals surface area contributed by atoms with Crippen LogP contribution >= 0.6 is 0 Å². The topological polar surface area (TPSA) is 52.6 Å². The molecule has 4 nitrogen and oxygen atoms in total. The highest BCUT2D eigenvalue weighted by molar-refractivity contribution is 6.15. The van der Waals surface area contributed by atoms with Gasteiger partial charge in [0.05, 0.1) is 0 Å². The van der Waals surface area contributed by atoms with Gasteiger partial charge in [-0.3, -0.25) is 9.59 Å². The SMILES string of the molecule is CCc1ccc(Oc2ccc3ccccc3c2)cc1C1C(=O)C(C)(C)OC(C)(C)C1=O. The summed E-state index contributed by atoms with van der Waals surface area (Å²) in [6, 6.07) is 19.7. The van der Waals surface area contributed by atoms with Gasteiger partial charge in [0, 0.05) is 0 Å². The molecule has 31 heavy (non-hydrogen) atoms. The van der Waals surface area contributed by atoms with Crippen LogP contribution in [-0.2, 0) is 20.7 Å². The first-order chi connectivity index (χ1) is 14.6. The van der Waals surface area contributed by atoms with E-state index in [1.165, 1.54) is 0 Å². The standard InChI is InChI=1S/C27H28O4/c1-6-17-11-13-21(30-20-14-12-18-9-7-8-10-19(18)15-20)16-22(17)23-24(28)26(2,3)31-27(4,5)25(23)29/h7-16,23H,6H2,1-5H3. The van der Waals surface area contributed by atoms with Crippen molar-refractivity contribution >= 4 is 22.3 Å². The van der Waals surface area contributed by atoms with Gasteiger partial charge in [-0.25, -0.2) is 0 Å². The smallest absolute Gasteiger partial charge is 0.179 e. The zero-order valence-corrected chi connectivity index (χ0v) is 18.7. The van der Waals surface area contributed by atoms with Crippen LogP contribution in [0.2, 0.25) is 0 Å². The molecule has 1 aliphatic heterocycles. The Bertz CT molecular complexity index is 1150. The number of rotatable bonds is 4. The molecule has 0 unspecified atom stereocenters. The van der Waals surface area contributed by atoms with Crippen molar-refractivity contribution in [1.29, 1.82) is 0 Å². The van der Waals surface area contributed by atoms with Crippen LogP contribution in [0.1, 0.15) is 51.7 Å². The molecule has 3 aromatic rings. The molecule has 4 rings (SSSR count). The van der Waals surface area contributed by atoms with Crippen molar-refractivity contribution in [2.75, 3.05) is 0 Å². The maximum absolute atomic E-state index is 13.2. The van der Waals surface area contributed by atoms with Crippen molar-refractivity contribution < 1.29 is 19.1 Å². The molecule has 0 aliphatic carbocycles. The van der Waals surface area contributed by atoms with E-state index in [2.05, 4.69) is 6.07 Å². The molecule has 160 valence electrons. The third kappa shape index (κ3) is 3.88. The van der Waals surface area contributed by atoms with E-state index >= 15 is 0 Å². The van der Waals surface area contributed by atoms with Crippen molar-refractivity contribution in [3.05, 3.63) is 71.8 Å². The van der Waals surface area contributed by atoms with E-state index in [9.17, 15) is 9.59 Å². The Kier molecular flexibility index (Phi) is 5.22. The highest BCUT2D eigenvalue weighted by Crippen LogP contribution is 2.41. The molecule has 1 heterocycles. The van der Waals surface area contributed by atoms with E-state index in [4.69, 9.17) is 9.47 Å². The van der Waals surface area contributed by atoms with E-state index in [-0.39, 0.29) is 11.6 Å². The summed E-state index contributed by atoms with van der Waals surface area (Å²) in [5.74, 6) is 0.0157. The lowest BCUT2D eigenvalue weighted by Gasteiger charge is -2.43. The molecule has 0 atom stereocenters. The fraction of sp³-hybridized carbons (Fsp3) is 0.333. The van der Waals surface area contributed by atoms with Gasteiger partial charge in [0.2, 0.25) is 0 Å². The van der Waals surface area contributed by atoms with Gasteiger partial charge in [-0.05, 0) is 80.3 Å². The van der Waals surface area contributed by atoms with E-state index in [0.717, 1.165) is 16.3 Å². The number of hydrogen-bond donors (Lipinski definition) is 0. The van der Waals surface area contributed by atoms with Gasteiger partial charge in [-0.15, -0.1) is 0 Å². The molecule has 0 saturated carbocycles. The Morgan fingerprint density at radius 2 is 1.39 bits per heavy atom. The van der Waals surface area contributed by atoms with Gasteiger partial charge in [0.25, 0.3) is 0 Å². The molecule has 1 fully saturated rings. The van der Waals surface area contributed by atoms with Crippen molar-refractivity contribution in [2.24, 2.45) is 0 Å². The van der Waals surface area contributed by atoms with Gasteiger partial charge in [0.1, 0.15) is 28.6 Å². The summed E-state index contributed by atoms with van der Waals surface area (Å²) in [7, 11) is 0. The number of fused-ring (bicyclic) bond motifs is 1. The summed E-state index contributed by atoms with van der Waals surface area (Å²) >= 11 is 0. The van der Waals surface area contributed by atoms with Crippen molar-refractivity contribution in [3.8, 4) is 11.5 Å². The first-order valence-corrected chi connectivity index (χ1v) is 10.7. The fourth-order valence-electron chi connectivity index (χ4n) is 4.43. The molecule has 0 spiro atoms. The number of ether oxygens (including phenoxy) is 2. The van der Waals surface area contributed by atoms with Crippen LogP contribution in [0.3, 0.4) is 0 Å². The molecule has 4 heteroatoms. The monoisotopic (exact) mass is 416 g/mol. The molecule has 0 amide bonds. The Morgan fingerprint density at radius 3 is 2.03 bits per heavy atom. The van der Waals surface area contributed by atoms with Crippen LogP contribution in [0, 0.1) is 0 Å². The Labute approximate surface area is 183 Å². The summed E-state index contributed by atoms with van der Waals surface area (Å²) in [5, 5.41) is 2.23. The first kappa shape index (κ1) is 21.3. The lowest BCUT2D eigenvalue weighted by Crippen LogP contribution is -2.58. The largest absolute Gasteiger partial charge is 0.457 e. The van der Waals surface area contributed by atoms with Crippen LogP contribution in [0.15, 0.2) is 60.7 Å². The predicted molar refractivity (Wildman–Crippen MR) is 122 cm³/mol. The molecule has 0 N–H and O–H groups in total. The second kappa shape index (κ2) is 7.61. The molecule has 0 aromatic heterocycles. The Balaban J connectivity index is 1.75. The van der Waals surface area contributed by atoms with Gasteiger partial charge < -0.3 is 9.47 Å². The second-order valence-electron chi connectivity index (χ2n) is 9.11. The van der Waals surface area contributed by atoms with E-state index in [1.54, 1.807) is 27.7 Å². The van der Waals surface area contributed by atoms with E-state index in [1.807, 2.05) is 61.5 Å². The highest BCUT2D eigenvalue weighted by atomic mass is 16.5. The fourth-order valence-corrected chi connectivity index (χ4v) is 4.43. The van der Waals surface area contributed by atoms with E-state index in [0.29, 0.717) is 23.5 Å². The molecular weight excluding hydrogens is 388 g/mol. The summed E-state index contributed by atoms with van der Waals surface area (Å²) in [5.41, 5.74) is -0.406. The third-order valence-electron chi connectivity index (χ3n) is 5.99. The minimum absolute atomic E-state index is 0.214. The first-order valence-electron chi connectivity index (χ1n) is 10.7. The lowest BCUT2D eigenvalue weighted by molar-refractivity contribution is -0.184. The summed E-state index contributed by atoms with van der Waals surface area (Å²) in [6.07, 6.45) is 0.713. The highest BCUT2D eigenvalue weighted by Gasteiger charge is 2.53. The molecule has 0 radical (unpaired) electrons. The summed E-state index contributed by atoms with van der Waals surface area (Å²) in [4.78, 5) is 26.5. The number of ketones is 2. The van der Waals surface area contributed by atoms with Gasteiger partial charge in [0.15, 0.2) is 11.6 Å². The van der Waals surface area contributed by atoms with Crippen molar-refractivity contribution in [1.82, 2.24) is 0 Å². The normalized spacial score (nSPS) is 18.4. The van der Waals surface area contributed by atoms with Gasteiger partial charge in [-0.2, -0.15) is 0 Å². The molecule has 1 saturated heterocycles. The van der Waals surface area contributed by atoms with Crippen LogP contribution in [0.5, 0.6) is 11.5 Å². The Hall–Kier alpha value is -2.98. The summed E-state index contributed by atoms with van der Waals surface area (Å²) < 4.78 is 12.0. The quantitative estimate of drug-likeness (QED) is 0.489. The molecular formula is C27H28O4. The zero-order chi connectivity index (χ0) is 22.4. The number of benzene rings is 3. The predicted octanol–water partition coefficient (Wildman–Crippen LogP) is 6.00. The number of Topliss-reactive ketones (excluding diaryl/α,β-unsaturated/α-hetero) is 2. The summed E-state index contributed by atoms with van der Waals surface area (Å²) in [6.45, 7) is 8.96. The number of aryl methyl sites for hydroxylation is 1. The minimum Gasteiger partial charge on any atom is -0.457 e. The maximum atomic E-state index is 13.2. The van der Waals surface area contributed by atoms with Crippen LogP contribution in [0.4, 0.5) is 0 Å². The Morgan fingerprint density at radius 1 is 0.806 bits per heavy atom. The van der Waals surface area contributed by atoms with Crippen LogP contribution < -0.4 is 4.74 Å². The van der Waals surface area contributed by atoms with Crippen LogP contribution in [-0.4, -0.2) is 22.8 Å².